The van der Waals surface area contributed by atoms with E-state index in [1.807, 2.05) is 6.07 Å². The Morgan fingerprint density at radius 2 is 2.17 bits per heavy atom. The van der Waals surface area contributed by atoms with Crippen LogP contribution in [-0.2, 0) is 0 Å². The molecular formula is C15H21BrClN. The summed E-state index contributed by atoms with van der Waals surface area (Å²) in [4.78, 5) is 0. The molecule has 0 radical (unpaired) electrons. The van der Waals surface area contributed by atoms with Crippen LogP contribution in [0.2, 0.25) is 5.02 Å². The molecule has 1 aromatic rings. The molecule has 1 aliphatic carbocycles. The SMILES string of the molecule is CCCNC(CCC1CC1)c1cc(Cl)cc(Br)c1. The summed E-state index contributed by atoms with van der Waals surface area (Å²) in [5.41, 5.74) is 1.31. The van der Waals surface area contributed by atoms with Gasteiger partial charge in [-0.1, -0.05) is 47.3 Å². The maximum atomic E-state index is 6.15. The monoisotopic (exact) mass is 329 g/mol. The van der Waals surface area contributed by atoms with E-state index in [1.54, 1.807) is 0 Å². The number of nitrogens with one attached hydrogen (secondary N) is 1. The summed E-state index contributed by atoms with van der Waals surface area (Å²) in [6.45, 7) is 3.28. The van der Waals surface area contributed by atoms with Crippen molar-refractivity contribution in [1.29, 1.82) is 0 Å². The fourth-order valence-electron chi connectivity index (χ4n) is 2.29. The molecule has 1 unspecified atom stereocenters. The van der Waals surface area contributed by atoms with E-state index in [4.69, 9.17) is 11.6 Å². The highest BCUT2D eigenvalue weighted by Gasteiger charge is 2.23. The smallest absolute Gasteiger partial charge is 0.0420 e. The Morgan fingerprint density at radius 3 is 2.78 bits per heavy atom. The standard InChI is InChI=1S/C15H21BrClN/c1-2-7-18-15(6-5-11-3-4-11)12-8-13(16)10-14(17)9-12/h8-11,15,18H,2-7H2,1H3. The summed E-state index contributed by atoms with van der Waals surface area (Å²) < 4.78 is 1.07. The molecule has 1 aromatic carbocycles. The van der Waals surface area contributed by atoms with Gasteiger partial charge in [-0.3, -0.25) is 0 Å². The predicted octanol–water partition coefficient (Wildman–Crippen LogP) is 5.33. The van der Waals surface area contributed by atoms with Crippen LogP contribution in [0.5, 0.6) is 0 Å². The lowest BCUT2D eigenvalue weighted by Gasteiger charge is -2.19. The number of benzene rings is 1. The highest BCUT2D eigenvalue weighted by molar-refractivity contribution is 9.10. The lowest BCUT2D eigenvalue weighted by molar-refractivity contribution is 0.470. The van der Waals surface area contributed by atoms with E-state index in [0.29, 0.717) is 6.04 Å². The molecule has 0 heterocycles. The van der Waals surface area contributed by atoms with E-state index in [-0.39, 0.29) is 0 Å². The van der Waals surface area contributed by atoms with Crippen LogP contribution < -0.4 is 5.32 Å². The van der Waals surface area contributed by atoms with E-state index < -0.39 is 0 Å². The molecule has 0 bridgehead atoms. The van der Waals surface area contributed by atoms with Crippen molar-refractivity contribution in [3.63, 3.8) is 0 Å². The molecule has 0 spiro atoms. The zero-order valence-corrected chi connectivity index (χ0v) is 13.2. The minimum Gasteiger partial charge on any atom is -0.310 e. The first-order valence-corrected chi connectivity index (χ1v) is 8.05. The van der Waals surface area contributed by atoms with Gasteiger partial charge in [0.25, 0.3) is 0 Å². The molecule has 100 valence electrons. The van der Waals surface area contributed by atoms with Gasteiger partial charge in [0.1, 0.15) is 0 Å². The molecule has 1 N–H and O–H groups in total. The van der Waals surface area contributed by atoms with Gasteiger partial charge in [-0.05, 0) is 55.5 Å². The van der Waals surface area contributed by atoms with E-state index >= 15 is 0 Å². The number of rotatable bonds is 7. The Kier molecular flexibility index (Phi) is 5.53. The van der Waals surface area contributed by atoms with Crippen LogP contribution in [-0.4, -0.2) is 6.54 Å². The molecule has 1 atom stereocenters. The summed E-state index contributed by atoms with van der Waals surface area (Å²) >= 11 is 9.68. The van der Waals surface area contributed by atoms with Gasteiger partial charge in [0.2, 0.25) is 0 Å². The largest absolute Gasteiger partial charge is 0.310 e. The Balaban J connectivity index is 2.03. The molecule has 1 nitrogen and oxygen atoms in total. The predicted molar refractivity (Wildman–Crippen MR) is 82.1 cm³/mol. The van der Waals surface area contributed by atoms with E-state index in [1.165, 1.54) is 37.7 Å². The lowest BCUT2D eigenvalue weighted by Crippen LogP contribution is -2.22. The highest BCUT2D eigenvalue weighted by Crippen LogP contribution is 2.36. The topological polar surface area (TPSA) is 12.0 Å². The van der Waals surface area contributed by atoms with Gasteiger partial charge in [-0.2, -0.15) is 0 Å². The summed E-state index contributed by atoms with van der Waals surface area (Å²) in [6, 6.07) is 6.67. The molecule has 3 heteroatoms. The van der Waals surface area contributed by atoms with Crippen molar-refractivity contribution in [2.75, 3.05) is 6.54 Å². The van der Waals surface area contributed by atoms with E-state index in [2.05, 4.69) is 40.3 Å². The van der Waals surface area contributed by atoms with Gasteiger partial charge in [-0.25, -0.2) is 0 Å². The van der Waals surface area contributed by atoms with Crippen LogP contribution in [0, 0.1) is 5.92 Å². The van der Waals surface area contributed by atoms with Crippen LogP contribution in [0.25, 0.3) is 0 Å². The Hall–Kier alpha value is -0.0500. The Bertz CT molecular complexity index is 370. The molecule has 1 fully saturated rings. The maximum Gasteiger partial charge on any atom is 0.0420 e. The first-order valence-electron chi connectivity index (χ1n) is 6.88. The summed E-state index contributed by atoms with van der Waals surface area (Å²) in [5.74, 6) is 0.985. The summed E-state index contributed by atoms with van der Waals surface area (Å²) in [6.07, 6.45) is 6.59. The third kappa shape index (κ3) is 4.56. The van der Waals surface area contributed by atoms with Crippen LogP contribution in [0.15, 0.2) is 22.7 Å². The van der Waals surface area contributed by atoms with Crippen molar-refractivity contribution in [1.82, 2.24) is 5.32 Å². The van der Waals surface area contributed by atoms with E-state index in [0.717, 1.165) is 22.0 Å². The van der Waals surface area contributed by atoms with Gasteiger partial charge in [0.05, 0.1) is 0 Å². The van der Waals surface area contributed by atoms with Gasteiger partial charge < -0.3 is 5.32 Å². The molecule has 0 saturated heterocycles. The second kappa shape index (κ2) is 6.93. The molecule has 2 rings (SSSR count). The van der Waals surface area contributed by atoms with Gasteiger partial charge in [-0.15, -0.1) is 0 Å². The summed E-state index contributed by atoms with van der Waals surface area (Å²) in [5, 5.41) is 4.46. The van der Waals surface area contributed by atoms with Crippen molar-refractivity contribution >= 4 is 27.5 Å². The molecule has 0 aromatic heterocycles. The normalized spacial score (nSPS) is 16.8. The molecule has 0 amide bonds. The number of hydrogen-bond acceptors (Lipinski definition) is 1. The minimum atomic E-state index is 0.445. The lowest BCUT2D eigenvalue weighted by atomic mass is 10.0. The second-order valence-corrected chi connectivity index (χ2v) is 6.58. The van der Waals surface area contributed by atoms with Crippen molar-refractivity contribution < 1.29 is 0 Å². The average molecular weight is 331 g/mol. The molecule has 1 aliphatic rings. The van der Waals surface area contributed by atoms with Gasteiger partial charge in [0, 0.05) is 15.5 Å². The van der Waals surface area contributed by atoms with Crippen molar-refractivity contribution in [2.24, 2.45) is 5.92 Å². The summed E-state index contributed by atoms with van der Waals surface area (Å²) in [7, 11) is 0. The molecule has 18 heavy (non-hydrogen) atoms. The van der Waals surface area contributed by atoms with Crippen LogP contribution in [0.3, 0.4) is 0 Å². The van der Waals surface area contributed by atoms with Crippen molar-refractivity contribution in [3.05, 3.63) is 33.3 Å². The second-order valence-electron chi connectivity index (χ2n) is 5.23. The average Bonchev–Trinajstić information content (AvgIpc) is 3.11. The van der Waals surface area contributed by atoms with Crippen molar-refractivity contribution in [2.45, 2.75) is 45.1 Å². The third-order valence-electron chi connectivity index (χ3n) is 3.49. The molecule has 1 saturated carbocycles. The Labute approximate surface area is 123 Å². The van der Waals surface area contributed by atoms with Crippen LogP contribution in [0.4, 0.5) is 0 Å². The number of halogens is 2. The molecular weight excluding hydrogens is 310 g/mol. The zero-order valence-electron chi connectivity index (χ0n) is 10.9. The van der Waals surface area contributed by atoms with Crippen LogP contribution in [0.1, 0.15) is 50.6 Å². The number of hydrogen-bond donors (Lipinski definition) is 1. The zero-order chi connectivity index (χ0) is 13.0. The fourth-order valence-corrected chi connectivity index (χ4v) is 3.18. The minimum absolute atomic E-state index is 0.445. The van der Waals surface area contributed by atoms with Gasteiger partial charge >= 0.3 is 0 Å². The molecule has 0 aliphatic heterocycles. The first kappa shape index (κ1) is 14.4. The van der Waals surface area contributed by atoms with Crippen molar-refractivity contribution in [3.8, 4) is 0 Å². The first-order chi connectivity index (χ1) is 8.69. The maximum absolute atomic E-state index is 6.15. The third-order valence-corrected chi connectivity index (χ3v) is 4.16. The van der Waals surface area contributed by atoms with Crippen LogP contribution >= 0.6 is 27.5 Å². The van der Waals surface area contributed by atoms with E-state index in [9.17, 15) is 0 Å². The highest BCUT2D eigenvalue weighted by atomic mass is 79.9. The fraction of sp³-hybridized carbons (Fsp3) is 0.600. The quantitative estimate of drug-likeness (QED) is 0.712. The Morgan fingerprint density at radius 1 is 1.39 bits per heavy atom. The van der Waals surface area contributed by atoms with Gasteiger partial charge in [0.15, 0.2) is 0 Å².